The van der Waals surface area contributed by atoms with Crippen molar-refractivity contribution in [1.29, 1.82) is 0 Å². The minimum absolute atomic E-state index is 0.103. The van der Waals surface area contributed by atoms with Gasteiger partial charge in [-0.25, -0.2) is 4.79 Å². The quantitative estimate of drug-likeness (QED) is 0.515. The lowest BCUT2D eigenvalue weighted by atomic mass is 9.78. The fourth-order valence-corrected chi connectivity index (χ4v) is 2.86. The van der Waals surface area contributed by atoms with E-state index in [0.717, 1.165) is 0 Å². The number of phenolic OH excluding ortho intramolecular Hbond substituents is 2. The molecule has 0 bridgehead atoms. The molecule has 0 atom stereocenters. The lowest BCUT2D eigenvalue weighted by Crippen LogP contribution is -2.36. The summed E-state index contributed by atoms with van der Waals surface area (Å²) in [5, 5.41) is 22.8. The maximum absolute atomic E-state index is 11.8. The number of esters is 1. The first kappa shape index (κ1) is 22.6. The number of nitrogens with one attached hydrogen (secondary N) is 1. The predicted molar refractivity (Wildman–Crippen MR) is 102 cm³/mol. The van der Waals surface area contributed by atoms with Gasteiger partial charge in [-0.3, -0.25) is 4.79 Å². The predicted octanol–water partition coefficient (Wildman–Crippen LogP) is 3.45. The number of amides is 1. The van der Waals surface area contributed by atoms with Crippen LogP contribution in [0.2, 0.25) is 0 Å². The zero-order chi connectivity index (χ0) is 21.0. The van der Waals surface area contributed by atoms with Crippen LogP contribution in [0.1, 0.15) is 57.7 Å². The summed E-state index contributed by atoms with van der Waals surface area (Å²) in [7, 11) is 0. The van der Waals surface area contributed by atoms with Gasteiger partial charge in [0.1, 0.15) is 23.6 Å². The smallest absolute Gasteiger partial charge is 0.408 e. The van der Waals surface area contributed by atoms with E-state index in [-0.39, 0.29) is 24.7 Å². The summed E-state index contributed by atoms with van der Waals surface area (Å²) in [5.41, 5.74) is 0.656. The molecule has 0 aliphatic heterocycles. The zero-order valence-electron chi connectivity index (χ0n) is 17.2. The van der Waals surface area contributed by atoms with Gasteiger partial charge >= 0.3 is 12.1 Å². The Morgan fingerprint density at radius 1 is 1.11 bits per heavy atom. The lowest BCUT2D eigenvalue weighted by molar-refractivity contribution is -0.142. The van der Waals surface area contributed by atoms with Gasteiger partial charge in [-0.05, 0) is 63.6 Å². The number of carbonyl (C=O) groups excluding carboxylic acids is 2. The van der Waals surface area contributed by atoms with Crippen LogP contribution in [0.3, 0.4) is 0 Å². The highest BCUT2D eigenvalue weighted by atomic mass is 16.6. The number of aromatic hydroxyl groups is 2. The molecule has 3 N–H and O–H groups in total. The molecule has 0 saturated carbocycles. The van der Waals surface area contributed by atoms with Crippen LogP contribution in [-0.4, -0.2) is 41.0 Å². The van der Waals surface area contributed by atoms with Crippen LogP contribution in [0.5, 0.6) is 11.5 Å². The van der Waals surface area contributed by atoms with E-state index in [1.165, 1.54) is 6.07 Å². The van der Waals surface area contributed by atoms with E-state index >= 15 is 0 Å². The van der Waals surface area contributed by atoms with Gasteiger partial charge in [-0.15, -0.1) is 0 Å². The third kappa shape index (κ3) is 6.66. The number of rotatable bonds is 6. The number of hydrogen-bond acceptors (Lipinski definition) is 6. The number of benzene rings is 1. The van der Waals surface area contributed by atoms with Crippen LogP contribution >= 0.6 is 0 Å². The summed E-state index contributed by atoms with van der Waals surface area (Å²) in [6.07, 6.45) is -0.252. The van der Waals surface area contributed by atoms with E-state index in [1.807, 2.05) is 13.8 Å². The van der Waals surface area contributed by atoms with E-state index in [9.17, 15) is 19.8 Å². The van der Waals surface area contributed by atoms with Crippen molar-refractivity contribution in [3.63, 3.8) is 0 Å². The monoisotopic (exact) mass is 381 g/mol. The Bertz CT molecular complexity index is 703. The molecule has 0 fully saturated rings. The Morgan fingerprint density at radius 3 is 2.26 bits per heavy atom. The number of alkyl carbamates (subject to hydrolysis) is 1. The number of ether oxygens (including phenoxy) is 2. The van der Waals surface area contributed by atoms with Gasteiger partial charge in [0.2, 0.25) is 0 Å². The summed E-state index contributed by atoms with van der Waals surface area (Å²) in [6, 6.07) is 1.52. The maximum Gasteiger partial charge on any atom is 0.408 e. The normalized spacial score (nSPS) is 11.8. The van der Waals surface area contributed by atoms with Crippen LogP contribution < -0.4 is 5.32 Å². The molecule has 152 valence electrons. The summed E-state index contributed by atoms with van der Waals surface area (Å²) in [6.45, 7) is 12.3. The Balaban J connectivity index is 2.60. The molecule has 7 nitrogen and oxygen atoms in total. The van der Waals surface area contributed by atoms with Crippen molar-refractivity contribution in [1.82, 2.24) is 5.32 Å². The molecule has 1 aromatic carbocycles. The molecule has 0 spiro atoms. The van der Waals surface area contributed by atoms with Gasteiger partial charge in [-0.2, -0.15) is 0 Å². The molecule has 0 aliphatic rings. The third-order valence-electron chi connectivity index (χ3n) is 4.16. The van der Waals surface area contributed by atoms with Crippen molar-refractivity contribution in [2.75, 3.05) is 13.2 Å². The fraction of sp³-hybridized carbons (Fsp3) is 0.600. The molecule has 0 aromatic heterocycles. The second-order valence-corrected chi connectivity index (χ2v) is 8.27. The van der Waals surface area contributed by atoms with Crippen LogP contribution in [0, 0.1) is 13.8 Å². The molecule has 0 aliphatic carbocycles. The molecule has 1 aromatic rings. The van der Waals surface area contributed by atoms with Crippen molar-refractivity contribution < 1.29 is 29.3 Å². The minimum Gasteiger partial charge on any atom is -0.508 e. The van der Waals surface area contributed by atoms with Crippen LogP contribution in [-0.2, 0) is 19.7 Å². The third-order valence-corrected chi connectivity index (χ3v) is 4.16. The molecule has 1 amide bonds. The summed E-state index contributed by atoms with van der Waals surface area (Å²) in [4.78, 5) is 23.3. The van der Waals surface area contributed by atoms with Gasteiger partial charge < -0.3 is 25.0 Å². The average molecular weight is 381 g/mol. The highest BCUT2D eigenvalue weighted by Gasteiger charge is 2.28. The number of aryl methyl sites for hydroxylation is 1. The van der Waals surface area contributed by atoms with E-state index in [1.54, 1.807) is 34.6 Å². The maximum atomic E-state index is 11.8. The average Bonchev–Trinajstić information content (AvgIpc) is 2.48. The van der Waals surface area contributed by atoms with Gasteiger partial charge in [-0.1, -0.05) is 13.8 Å². The van der Waals surface area contributed by atoms with Gasteiger partial charge in [0.15, 0.2) is 0 Å². The number of phenols is 2. The summed E-state index contributed by atoms with van der Waals surface area (Å²) in [5.74, 6) is -0.329. The highest BCUT2D eigenvalue weighted by Crippen LogP contribution is 2.41. The minimum atomic E-state index is -0.685. The highest BCUT2D eigenvalue weighted by molar-refractivity contribution is 5.78. The lowest BCUT2D eigenvalue weighted by Gasteiger charge is -2.28. The first-order valence-corrected chi connectivity index (χ1v) is 8.89. The molecule has 27 heavy (non-hydrogen) atoms. The molecular formula is C20H31NO6. The van der Waals surface area contributed by atoms with Crippen molar-refractivity contribution in [3.8, 4) is 11.5 Å². The summed E-state index contributed by atoms with van der Waals surface area (Å²) >= 11 is 0. The molecule has 1 rings (SSSR count). The van der Waals surface area contributed by atoms with Crippen molar-refractivity contribution in [2.24, 2.45) is 0 Å². The Kier molecular flexibility index (Phi) is 7.11. The summed E-state index contributed by atoms with van der Waals surface area (Å²) < 4.78 is 10.2. The van der Waals surface area contributed by atoms with E-state index in [0.29, 0.717) is 23.1 Å². The zero-order valence-corrected chi connectivity index (χ0v) is 17.2. The van der Waals surface area contributed by atoms with E-state index < -0.39 is 23.1 Å². The second kappa shape index (κ2) is 8.50. The Labute approximate surface area is 160 Å². The molecule has 0 saturated heterocycles. The Morgan fingerprint density at radius 2 is 1.70 bits per heavy atom. The molecule has 0 unspecified atom stereocenters. The number of carbonyl (C=O) groups is 2. The van der Waals surface area contributed by atoms with Crippen LogP contribution in [0.15, 0.2) is 6.07 Å². The Hall–Kier alpha value is -2.44. The largest absolute Gasteiger partial charge is 0.508 e. The molecule has 0 heterocycles. The van der Waals surface area contributed by atoms with Gasteiger partial charge in [0.25, 0.3) is 0 Å². The van der Waals surface area contributed by atoms with Gasteiger partial charge in [0.05, 0.1) is 6.61 Å². The number of hydrogen-bond donors (Lipinski definition) is 3. The first-order valence-electron chi connectivity index (χ1n) is 8.89. The van der Waals surface area contributed by atoms with Gasteiger partial charge in [0, 0.05) is 5.56 Å². The van der Waals surface area contributed by atoms with Crippen molar-refractivity contribution in [3.05, 3.63) is 22.8 Å². The van der Waals surface area contributed by atoms with Crippen LogP contribution in [0.4, 0.5) is 4.79 Å². The van der Waals surface area contributed by atoms with Crippen molar-refractivity contribution >= 4 is 12.1 Å². The van der Waals surface area contributed by atoms with E-state index in [4.69, 9.17) is 9.47 Å². The van der Waals surface area contributed by atoms with Crippen molar-refractivity contribution in [2.45, 2.75) is 65.9 Å². The fourth-order valence-electron chi connectivity index (χ4n) is 2.86. The SMILES string of the molecule is Cc1cc(O)c(C(C)(C)CCOC(=O)CNC(=O)OC(C)(C)C)c(C)c1O. The standard InChI is InChI=1S/C20H31NO6/c1-12-10-14(22)16(13(2)17(12)24)20(6,7)8-9-26-15(23)11-21-18(25)27-19(3,4)5/h10,22,24H,8-9,11H2,1-7H3,(H,21,25). The first-order chi connectivity index (χ1) is 12.2. The topological polar surface area (TPSA) is 105 Å². The second-order valence-electron chi connectivity index (χ2n) is 8.27. The molecule has 0 radical (unpaired) electrons. The molecular weight excluding hydrogens is 350 g/mol. The molecule has 7 heteroatoms. The van der Waals surface area contributed by atoms with Crippen LogP contribution in [0.25, 0.3) is 0 Å². The van der Waals surface area contributed by atoms with E-state index in [2.05, 4.69) is 5.32 Å².